The fraction of sp³-hybridized carbons (Fsp3) is 0.882. The minimum atomic E-state index is -0.903. The predicted molar refractivity (Wildman–Crippen MR) is 82.7 cm³/mol. The van der Waals surface area contributed by atoms with Gasteiger partial charge in [-0.25, -0.2) is 4.79 Å². The lowest BCUT2D eigenvalue weighted by Gasteiger charge is -2.60. The average Bonchev–Trinajstić information content (AvgIpc) is 2.91. The fourth-order valence-corrected chi connectivity index (χ4v) is 6.11. The lowest BCUT2D eigenvalue weighted by atomic mass is 9.51. The molecule has 3 N–H and O–H groups in total. The molecule has 6 heteroatoms. The Morgan fingerprint density at radius 2 is 1.87 bits per heavy atom. The molecular formula is C17H26N2O4. The molecule has 2 unspecified atom stereocenters. The van der Waals surface area contributed by atoms with E-state index in [9.17, 15) is 19.8 Å². The van der Waals surface area contributed by atoms with Gasteiger partial charge in [-0.3, -0.25) is 4.79 Å². The zero-order valence-electron chi connectivity index (χ0n) is 13.5. The van der Waals surface area contributed by atoms with Crippen LogP contribution in [-0.2, 0) is 9.59 Å². The second kappa shape index (κ2) is 5.18. The van der Waals surface area contributed by atoms with Crippen molar-refractivity contribution < 1.29 is 19.8 Å². The van der Waals surface area contributed by atoms with Gasteiger partial charge >= 0.3 is 5.97 Å². The van der Waals surface area contributed by atoms with Gasteiger partial charge in [-0.2, -0.15) is 0 Å². The summed E-state index contributed by atoms with van der Waals surface area (Å²) in [6.07, 6.45) is 7.18. The summed E-state index contributed by atoms with van der Waals surface area (Å²) in [4.78, 5) is 25.2. The van der Waals surface area contributed by atoms with E-state index in [4.69, 9.17) is 0 Å². The molecule has 1 heterocycles. The molecule has 0 aromatic heterocycles. The number of hydrogen-bond acceptors (Lipinski definition) is 4. The molecule has 4 saturated carbocycles. The fourth-order valence-electron chi connectivity index (χ4n) is 6.11. The molecule has 5 fully saturated rings. The van der Waals surface area contributed by atoms with Gasteiger partial charge in [0.2, 0.25) is 5.91 Å². The number of carboxylic acids is 1. The molecular weight excluding hydrogens is 296 g/mol. The first-order valence-electron chi connectivity index (χ1n) is 8.88. The molecule has 0 aromatic carbocycles. The Morgan fingerprint density at radius 1 is 1.17 bits per heavy atom. The number of hydrogen-bond donors (Lipinski definition) is 3. The van der Waals surface area contributed by atoms with E-state index in [1.54, 1.807) is 0 Å². The summed E-state index contributed by atoms with van der Waals surface area (Å²) in [5, 5.41) is 23.4. The Morgan fingerprint density at radius 3 is 2.48 bits per heavy atom. The summed E-state index contributed by atoms with van der Waals surface area (Å²) in [6.45, 7) is 0.735. The van der Waals surface area contributed by atoms with Crippen LogP contribution < -0.4 is 5.32 Å². The van der Waals surface area contributed by atoms with Gasteiger partial charge < -0.3 is 20.4 Å². The minimum absolute atomic E-state index is 0.113. The topological polar surface area (TPSA) is 89.9 Å². The lowest BCUT2D eigenvalue weighted by molar-refractivity contribution is -0.151. The van der Waals surface area contributed by atoms with Crippen LogP contribution in [0.25, 0.3) is 0 Å². The van der Waals surface area contributed by atoms with Gasteiger partial charge in [0.25, 0.3) is 0 Å². The molecule has 1 amide bonds. The van der Waals surface area contributed by atoms with E-state index in [2.05, 4.69) is 5.32 Å². The summed E-state index contributed by atoms with van der Waals surface area (Å²) < 4.78 is 0. The SMILES string of the molecule is O=C(O)[C@H]1CCCN1C(=O)CNC12CC3CC(CC(O)(C3)C1)C2. The van der Waals surface area contributed by atoms with Crippen molar-refractivity contribution in [2.24, 2.45) is 11.8 Å². The lowest BCUT2D eigenvalue weighted by Crippen LogP contribution is -2.65. The molecule has 1 aliphatic heterocycles. The maximum Gasteiger partial charge on any atom is 0.326 e. The molecule has 0 radical (unpaired) electrons. The van der Waals surface area contributed by atoms with Crippen LogP contribution in [0.15, 0.2) is 0 Å². The predicted octanol–water partition coefficient (Wildman–Crippen LogP) is 0.735. The number of aliphatic hydroxyl groups is 1. The number of rotatable bonds is 4. The normalized spacial score (nSPS) is 44.7. The molecule has 5 rings (SSSR count). The number of aliphatic carboxylic acids is 1. The first-order valence-corrected chi connectivity index (χ1v) is 8.88. The van der Waals surface area contributed by atoms with Crippen molar-refractivity contribution in [2.75, 3.05) is 13.1 Å². The van der Waals surface area contributed by atoms with Crippen molar-refractivity contribution in [1.29, 1.82) is 0 Å². The molecule has 5 aliphatic rings. The van der Waals surface area contributed by atoms with E-state index < -0.39 is 17.6 Å². The zero-order chi connectivity index (χ0) is 16.2. The van der Waals surface area contributed by atoms with Gasteiger partial charge in [0.15, 0.2) is 0 Å². The number of amides is 1. The standard InChI is InChI=1S/C17H26N2O4/c20-14(19-3-1-2-13(19)15(21)22)9-18-16-5-11-4-12(6-16)8-17(23,7-11)10-16/h11-13,18,23H,1-10H2,(H,21,22)/t11?,12?,13-,16?,17?/m1/s1. The van der Waals surface area contributed by atoms with E-state index in [0.29, 0.717) is 24.8 Å². The van der Waals surface area contributed by atoms with Crippen molar-refractivity contribution in [3.05, 3.63) is 0 Å². The quantitative estimate of drug-likeness (QED) is 0.710. The molecule has 6 nitrogen and oxygen atoms in total. The van der Waals surface area contributed by atoms with Crippen LogP contribution >= 0.6 is 0 Å². The number of nitrogens with zero attached hydrogens (tertiary/aromatic N) is 1. The third-order valence-corrected chi connectivity index (χ3v) is 6.50. The highest BCUT2D eigenvalue weighted by Crippen LogP contribution is 2.57. The van der Waals surface area contributed by atoms with E-state index in [1.807, 2.05) is 0 Å². The Labute approximate surface area is 136 Å². The highest BCUT2D eigenvalue weighted by Gasteiger charge is 2.57. The van der Waals surface area contributed by atoms with Crippen molar-refractivity contribution in [2.45, 2.75) is 68.5 Å². The van der Waals surface area contributed by atoms with Crippen LogP contribution in [0.1, 0.15) is 51.4 Å². The zero-order valence-corrected chi connectivity index (χ0v) is 13.5. The molecule has 128 valence electrons. The molecule has 4 bridgehead atoms. The third kappa shape index (κ3) is 2.66. The van der Waals surface area contributed by atoms with E-state index >= 15 is 0 Å². The van der Waals surface area contributed by atoms with E-state index in [0.717, 1.165) is 38.5 Å². The van der Waals surface area contributed by atoms with Gasteiger partial charge in [-0.1, -0.05) is 0 Å². The first kappa shape index (κ1) is 15.4. The van der Waals surface area contributed by atoms with Gasteiger partial charge in [-0.15, -0.1) is 0 Å². The summed E-state index contributed by atoms with van der Waals surface area (Å²) in [7, 11) is 0. The van der Waals surface area contributed by atoms with Crippen molar-refractivity contribution in [3.8, 4) is 0 Å². The highest BCUT2D eigenvalue weighted by molar-refractivity contribution is 5.85. The molecule has 0 aromatic rings. The van der Waals surface area contributed by atoms with E-state index in [-0.39, 0.29) is 18.0 Å². The maximum atomic E-state index is 12.5. The first-order chi connectivity index (χ1) is 10.9. The number of carbonyl (C=O) groups excluding carboxylic acids is 1. The van der Waals surface area contributed by atoms with Crippen molar-refractivity contribution >= 4 is 11.9 Å². The van der Waals surface area contributed by atoms with Crippen LogP contribution in [0.3, 0.4) is 0 Å². The Kier molecular flexibility index (Phi) is 3.47. The largest absolute Gasteiger partial charge is 0.480 e. The van der Waals surface area contributed by atoms with Crippen LogP contribution in [0.2, 0.25) is 0 Å². The summed E-state index contributed by atoms with van der Waals surface area (Å²) in [5.41, 5.74) is -0.662. The second-order valence-electron chi connectivity index (χ2n) is 8.40. The molecule has 0 spiro atoms. The van der Waals surface area contributed by atoms with Crippen molar-refractivity contribution in [1.82, 2.24) is 10.2 Å². The van der Waals surface area contributed by atoms with E-state index in [1.165, 1.54) is 11.3 Å². The third-order valence-electron chi connectivity index (χ3n) is 6.50. The summed E-state index contributed by atoms with van der Waals surface area (Å²) in [6, 6.07) is -0.662. The monoisotopic (exact) mass is 322 g/mol. The smallest absolute Gasteiger partial charge is 0.326 e. The number of carboxylic acid groups (broad SMARTS) is 1. The van der Waals surface area contributed by atoms with Gasteiger partial charge in [0.05, 0.1) is 12.1 Å². The average molecular weight is 322 g/mol. The molecule has 4 aliphatic carbocycles. The Hall–Kier alpha value is -1.14. The van der Waals surface area contributed by atoms with Crippen LogP contribution in [-0.4, -0.2) is 57.3 Å². The molecule has 3 atom stereocenters. The van der Waals surface area contributed by atoms with Crippen LogP contribution in [0, 0.1) is 11.8 Å². The van der Waals surface area contributed by atoms with Gasteiger partial charge in [0, 0.05) is 12.1 Å². The summed E-state index contributed by atoms with van der Waals surface area (Å²) >= 11 is 0. The Bertz CT molecular complexity index is 521. The van der Waals surface area contributed by atoms with Crippen LogP contribution in [0.4, 0.5) is 0 Å². The second-order valence-corrected chi connectivity index (χ2v) is 8.40. The minimum Gasteiger partial charge on any atom is -0.480 e. The Balaban J connectivity index is 1.41. The van der Waals surface area contributed by atoms with Crippen molar-refractivity contribution in [3.63, 3.8) is 0 Å². The number of likely N-dealkylation sites (tertiary alicyclic amines) is 1. The molecule has 1 saturated heterocycles. The molecule has 23 heavy (non-hydrogen) atoms. The van der Waals surface area contributed by atoms with Crippen LogP contribution in [0.5, 0.6) is 0 Å². The number of nitrogens with one attached hydrogen (secondary N) is 1. The number of carbonyl (C=O) groups is 2. The van der Waals surface area contributed by atoms with Gasteiger partial charge in [0.1, 0.15) is 6.04 Å². The highest BCUT2D eigenvalue weighted by atomic mass is 16.4. The van der Waals surface area contributed by atoms with Gasteiger partial charge in [-0.05, 0) is 63.2 Å². The summed E-state index contributed by atoms with van der Waals surface area (Å²) in [5.74, 6) is 0.127. The maximum absolute atomic E-state index is 12.5.